The highest BCUT2D eigenvalue weighted by Gasteiger charge is 2.37. The summed E-state index contributed by atoms with van der Waals surface area (Å²) in [4.78, 5) is 19.4. The normalized spacial score (nSPS) is 11.4. The van der Waals surface area contributed by atoms with Crippen molar-refractivity contribution < 1.29 is 22.4 Å². The first-order chi connectivity index (χ1) is 12.8. The first kappa shape index (κ1) is 18.7. The Morgan fingerprint density at radius 3 is 2.44 bits per heavy atom. The van der Waals surface area contributed by atoms with Gasteiger partial charge < -0.3 is 0 Å². The Morgan fingerprint density at radius 2 is 1.74 bits per heavy atom. The molecule has 1 heterocycles. The first-order valence-electron chi connectivity index (χ1n) is 8.03. The lowest BCUT2D eigenvalue weighted by Gasteiger charge is -2.12. The Balaban J connectivity index is 1.98. The molecule has 0 unspecified atom stereocenters. The van der Waals surface area contributed by atoms with E-state index in [-0.39, 0.29) is 12.2 Å². The maximum absolute atomic E-state index is 13.5. The SMILES string of the molecule is Cc1cc(-c2ccccc2CC(=O)c2nccnc2C(F)(F)F)ccc1F. The van der Waals surface area contributed by atoms with E-state index in [0.29, 0.717) is 22.3 Å². The van der Waals surface area contributed by atoms with Crippen LogP contribution >= 0.6 is 0 Å². The minimum absolute atomic E-state index is 0.283. The molecule has 2 aromatic carbocycles. The lowest BCUT2D eigenvalue weighted by atomic mass is 9.94. The summed E-state index contributed by atoms with van der Waals surface area (Å²) >= 11 is 0. The number of aryl methyl sites for hydroxylation is 1. The van der Waals surface area contributed by atoms with Crippen molar-refractivity contribution in [3.63, 3.8) is 0 Å². The summed E-state index contributed by atoms with van der Waals surface area (Å²) in [6, 6.07) is 11.3. The van der Waals surface area contributed by atoms with Crippen LogP contribution in [0.4, 0.5) is 17.6 Å². The quantitative estimate of drug-likeness (QED) is 0.475. The smallest absolute Gasteiger partial charge is 0.292 e. The predicted octanol–water partition coefficient (Wildman–Crippen LogP) is 5.04. The molecule has 27 heavy (non-hydrogen) atoms. The predicted molar refractivity (Wildman–Crippen MR) is 91.6 cm³/mol. The van der Waals surface area contributed by atoms with E-state index in [1.54, 1.807) is 43.3 Å². The molecular weight excluding hydrogens is 360 g/mol. The molecule has 0 N–H and O–H groups in total. The average molecular weight is 374 g/mol. The zero-order valence-electron chi connectivity index (χ0n) is 14.2. The number of ketones is 1. The number of benzene rings is 2. The molecule has 7 heteroatoms. The summed E-state index contributed by atoms with van der Waals surface area (Å²) in [5.41, 5.74) is 0.258. The summed E-state index contributed by atoms with van der Waals surface area (Å²) in [6.07, 6.45) is -3.10. The van der Waals surface area contributed by atoms with Gasteiger partial charge >= 0.3 is 6.18 Å². The van der Waals surface area contributed by atoms with Gasteiger partial charge in [-0.05, 0) is 41.3 Å². The second-order valence-corrected chi connectivity index (χ2v) is 5.97. The topological polar surface area (TPSA) is 42.9 Å². The minimum atomic E-state index is -4.77. The summed E-state index contributed by atoms with van der Waals surface area (Å²) < 4.78 is 52.8. The fraction of sp³-hybridized carbons (Fsp3) is 0.150. The largest absolute Gasteiger partial charge is 0.435 e. The lowest BCUT2D eigenvalue weighted by molar-refractivity contribution is -0.141. The van der Waals surface area contributed by atoms with E-state index >= 15 is 0 Å². The fourth-order valence-electron chi connectivity index (χ4n) is 2.77. The molecule has 138 valence electrons. The molecule has 0 bridgehead atoms. The molecule has 0 amide bonds. The third-order valence-electron chi connectivity index (χ3n) is 4.07. The molecule has 3 rings (SSSR count). The monoisotopic (exact) mass is 374 g/mol. The Bertz CT molecular complexity index is 999. The van der Waals surface area contributed by atoms with Crippen LogP contribution < -0.4 is 0 Å². The van der Waals surface area contributed by atoms with Crippen LogP contribution in [0, 0.1) is 12.7 Å². The van der Waals surface area contributed by atoms with E-state index in [1.165, 1.54) is 6.07 Å². The molecule has 0 aliphatic carbocycles. The third-order valence-corrected chi connectivity index (χ3v) is 4.07. The van der Waals surface area contributed by atoms with Gasteiger partial charge in [-0.1, -0.05) is 30.3 Å². The van der Waals surface area contributed by atoms with Crippen LogP contribution in [0.5, 0.6) is 0 Å². The number of hydrogen-bond donors (Lipinski definition) is 0. The maximum Gasteiger partial charge on any atom is 0.435 e. The minimum Gasteiger partial charge on any atom is -0.292 e. The molecule has 0 spiro atoms. The van der Waals surface area contributed by atoms with Gasteiger partial charge in [0, 0.05) is 18.8 Å². The summed E-state index contributed by atoms with van der Waals surface area (Å²) in [7, 11) is 0. The summed E-state index contributed by atoms with van der Waals surface area (Å²) in [6.45, 7) is 1.61. The number of hydrogen-bond acceptors (Lipinski definition) is 3. The van der Waals surface area contributed by atoms with Crippen molar-refractivity contribution >= 4 is 5.78 Å². The fourth-order valence-corrected chi connectivity index (χ4v) is 2.77. The Labute approximate surface area is 152 Å². The summed E-state index contributed by atoms with van der Waals surface area (Å²) in [5, 5.41) is 0. The molecule has 0 saturated carbocycles. The highest BCUT2D eigenvalue weighted by molar-refractivity contribution is 5.97. The average Bonchev–Trinajstić information content (AvgIpc) is 2.64. The van der Waals surface area contributed by atoms with Gasteiger partial charge in [0.25, 0.3) is 0 Å². The first-order valence-corrected chi connectivity index (χ1v) is 8.03. The summed E-state index contributed by atoms with van der Waals surface area (Å²) in [5.74, 6) is -1.15. The van der Waals surface area contributed by atoms with E-state index in [2.05, 4.69) is 9.97 Å². The second kappa shape index (κ2) is 7.26. The van der Waals surface area contributed by atoms with Gasteiger partial charge in [-0.15, -0.1) is 0 Å². The molecule has 0 atom stereocenters. The van der Waals surface area contributed by atoms with Crippen molar-refractivity contribution in [2.45, 2.75) is 19.5 Å². The van der Waals surface area contributed by atoms with Crippen molar-refractivity contribution in [2.24, 2.45) is 0 Å². The maximum atomic E-state index is 13.5. The number of carbonyl (C=O) groups excluding carboxylic acids is 1. The standard InChI is InChI=1S/C20H14F4N2O/c1-12-10-14(6-7-16(12)21)15-5-3-2-4-13(15)11-17(27)18-19(20(22,23)24)26-9-8-25-18/h2-10H,11H2,1H3. The van der Waals surface area contributed by atoms with Crippen molar-refractivity contribution in [2.75, 3.05) is 0 Å². The third kappa shape index (κ3) is 4.02. The number of carbonyl (C=O) groups is 1. The van der Waals surface area contributed by atoms with Crippen LogP contribution in [0.3, 0.4) is 0 Å². The van der Waals surface area contributed by atoms with Crippen molar-refractivity contribution in [3.8, 4) is 11.1 Å². The molecule has 0 saturated heterocycles. The molecule has 3 aromatic rings. The number of Topliss-reactive ketones (excluding diaryl/α,β-unsaturated/α-hetero) is 1. The van der Waals surface area contributed by atoms with Gasteiger partial charge in [0.15, 0.2) is 11.5 Å². The van der Waals surface area contributed by atoms with Crippen molar-refractivity contribution in [1.29, 1.82) is 0 Å². The zero-order chi connectivity index (χ0) is 19.6. The van der Waals surface area contributed by atoms with Gasteiger partial charge in [-0.25, -0.2) is 14.4 Å². The van der Waals surface area contributed by atoms with E-state index in [4.69, 9.17) is 0 Å². The van der Waals surface area contributed by atoms with Crippen molar-refractivity contribution in [3.05, 3.63) is 83.2 Å². The highest BCUT2D eigenvalue weighted by atomic mass is 19.4. The van der Waals surface area contributed by atoms with E-state index in [9.17, 15) is 22.4 Å². The van der Waals surface area contributed by atoms with Crippen LogP contribution in [0.25, 0.3) is 11.1 Å². The Kier molecular flexibility index (Phi) is 5.03. The van der Waals surface area contributed by atoms with Crippen molar-refractivity contribution in [1.82, 2.24) is 9.97 Å². The van der Waals surface area contributed by atoms with E-state index < -0.39 is 23.3 Å². The van der Waals surface area contributed by atoms with Gasteiger partial charge in [0.05, 0.1) is 0 Å². The van der Waals surface area contributed by atoms with Crippen LogP contribution in [-0.4, -0.2) is 15.8 Å². The molecule has 3 nitrogen and oxygen atoms in total. The van der Waals surface area contributed by atoms with Crippen LogP contribution in [0.15, 0.2) is 54.9 Å². The van der Waals surface area contributed by atoms with Gasteiger partial charge in [-0.2, -0.15) is 13.2 Å². The molecule has 0 aliphatic rings. The molecule has 1 aromatic heterocycles. The van der Waals surface area contributed by atoms with E-state index in [1.807, 2.05) is 0 Å². The number of halogens is 4. The molecule has 0 aliphatic heterocycles. The van der Waals surface area contributed by atoms with Gasteiger partial charge in [0.1, 0.15) is 11.5 Å². The lowest BCUT2D eigenvalue weighted by Crippen LogP contribution is -2.18. The van der Waals surface area contributed by atoms with Crippen LogP contribution in [0.1, 0.15) is 27.3 Å². The van der Waals surface area contributed by atoms with E-state index in [0.717, 1.165) is 12.4 Å². The Hall–Kier alpha value is -3.09. The van der Waals surface area contributed by atoms with Gasteiger partial charge in [0.2, 0.25) is 0 Å². The number of nitrogens with zero attached hydrogens (tertiary/aromatic N) is 2. The zero-order valence-corrected chi connectivity index (χ0v) is 14.2. The molecule has 0 radical (unpaired) electrons. The number of alkyl halides is 3. The number of rotatable bonds is 4. The van der Waals surface area contributed by atoms with Crippen LogP contribution in [0.2, 0.25) is 0 Å². The highest BCUT2D eigenvalue weighted by Crippen LogP contribution is 2.31. The molecular formula is C20H14F4N2O. The second-order valence-electron chi connectivity index (χ2n) is 5.97. The van der Waals surface area contributed by atoms with Crippen LogP contribution in [-0.2, 0) is 12.6 Å². The van der Waals surface area contributed by atoms with Gasteiger partial charge in [-0.3, -0.25) is 4.79 Å². The Morgan fingerprint density at radius 1 is 1.04 bits per heavy atom. The molecule has 0 fully saturated rings. The number of aromatic nitrogens is 2.